The van der Waals surface area contributed by atoms with Crippen molar-refractivity contribution in [2.75, 3.05) is 0 Å². The summed E-state index contributed by atoms with van der Waals surface area (Å²) in [6, 6.07) is 0.400. The maximum atomic E-state index is 10.9. The molecule has 0 aromatic carbocycles. The summed E-state index contributed by atoms with van der Waals surface area (Å²) in [4.78, 5) is 10.9. The zero-order valence-electron chi connectivity index (χ0n) is 7.58. The van der Waals surface area contributed by atoms with Gasteiger partial charge in [0.2, 0.25) is 5.91 Å². The Kier molecular flexibility index (Phi) is 1.71. The van der Waals surface area contributed by atoms with Crippen LogP contribution in [0.4, 0.5) is 0 Å². The normalized spacial score (nSPS) is 43.5. The molecular weight excluding hydrogens is 150 g/mol. The molecule has 0 aromatic heterocycles. The van der Waals surface area contributed by atoms with Gasteiger partial charge in [0.25, 0.3) is 0 Å². The van der Waals surface area contributed by atoms with Crippen molar-refractivity contribution in [1.29, 1.82) is 0 Å². The number of fused-ring (bicyclic) bond motifs is 2. The molecule has 2 aliphatic rings. The average molecular weight is 165 g/mol. The van der Waals surface area contributed by atoms with Crippen molar-refractivity contribution in [3.05, 3.63) is 12.2 Å². The van der Waals surface area contributed by atoms with Crippen LogP contribution in [0.15, 0.2) is 12.2 Å². The molecule has 0 radical (unpaired) electrons. The van der Waals surface area contributed by atoms with Crippen LogP contribution in [0.5, 0.6) is 0 Å². The van der Waals surface area contributed by atoms with Gasteiger partial charge >= 0.3 is 0 Å². The van der Waals surface area contributed by atoms with Crippen molar-refractivity contribution in [3.8, 4) is 0 Å². The van der Waals surface area contributed by atoms with Gasteiger partial charge in [-0.3, -0.25) is 4.79 Å². The van der Waals surface area contributed by atoms with Crippen LogP contribution >= 0.6 is 0 Å². The number of carbonyl (C=O) groups is 1. The van der Waals surface area contributed by atoms with Gasteiger partial charge in [-0.1, -0.05) is 19.1 Å². The minimum Gasteiger partial charge on any atom is -0.353 e. The van der Waals surface area contributed by atoms with Gasteiger partial charge in [-0.15, -0.1) is 0 Å². The predicted octanol–water partition coefficient (Wildman–Crippen LogP) is 1.33. The van der Waals surface area contributed by atoms with E-state index in [0.717, 1.165) is 0 Å². The van der Waals surface area contributed by atoms with Crippen molar-refractivity contribution >= 4 is 5.91 Å². The molecule has 0 unspecified atom stereocenters. The van der Waals surface area contributed by atoms with Crippen molar-refractivity contribution in [2.45, 2.75) is 26.3 Å². The molecule has 0 heterocycles. The number of hydrogen-bond acceptors (Lipinski definition) is 1. The molecular formula is C10H15NO. The van der Waals surface area contributed by atoms with Crippen molar-refractivity contribution in [3.63, 3.8) is 0 Å². The Morgan fingerprint density at radius 3 is 2.58 bits per heavy atom. The summed E-state index contributed by atoms with van der Waals surface area (Å²) in [6.07, 6.45) is 5.80. The lowest BCUT2D eigenvalue weighted by Gasteiger charge is -2.25. The van der Waals surface area contributed by atoms with Crippen molar-refractivity contribution < 1.29 is 4.79 Å². The molecule has 12 heavy (non-hydrogen) atoms. The molecule has 0 spiro atoms. The summed E-state index contributed by atoms with van der Waals surface area (Å²) in [7, 11) is 0. The summed E-state index contributed by atoms with van der Waals surface area (Å²) in [5, 5.41) is 3.03. The van der Waals surface area contributed by atoms with Gasteiger partial charge in [0, 0.05) is 13.0 Å². The summed E-state index contributed by atoms with van der Waals surface area (Å²) < 4.78 is 0. The SMILES string of the molecule is CC(=O)N[C@@H]1[C@@H](C)[C@@H]2C=C[C@H]1C2. The first-order valence-electron chi connectivity index (χ1n) is 4.64. The molecule has 2 aliphatic carbocycles. The second kappa shape index (κ2) is 2.61. The lowest BCUT2D eigenvalue weighted by atomic mass is 9.91. The van der Waals surface area contributed by atoms with E-state index in [-0.39, 0.29) is 5.91 Å². The Labute approximate surface area is 73.0 Å². The van der Waals surface area contributed by atoms with E-state index in [1.807, 2.05) is 0 Å². The van der Waals surface area contributed by atoms with Gasteiger partial charge < -0.3 is 5.32 Å². The first kappa shape index (κ1) is 7.84. The molecule has 2 nitrogen and oxygen atoms in total. The molecule has 1 N–H and O–H groups in total. The highest BCUT2D eigenvalue weighted by atomic mass is 16.1. The van der Waals surface area contributed by atoms with E-state index in [9.17, 15) is 4.79 Å². The molecule has 0 saturated heterocycles. The molecule has 1 saturated carbocycles. The molecule has 2 rings (SSSR count). The number of allylic oxidation sites excluding steroid dienone is 1. The predicted molar refractivity (Wildman–Crippen MR) is 47.5 cm³/mol. The van der Waals surface area contributed by atoms with Crippen LogP contribution in [0.25, 0.3) is 0 Å². The highest BCUT2D eigenvalue weighted by Gasteiger charge is 2.41. The molecule has 0 aliphatic heterocycles. The average Bonchev–Trinajstić information content (AvgIpc) is 2.53. The Hall–Kier alpha value is -0.790. The highest BCUT2D eigenvalue weighted by Crippen LogP contribution is 2.43. The summed E-state index contributed by atoms with van der Waals surface area (Å²) >= 11 is 0. The van der Waals surface area contributed by atoms with Crippen LogP contribution in [0.2, 0.25) is 0 Å². The zero-order chi connectivity index (χ0) is 8.72. The van der Waals surface area contributed by atoms with Crippen LogP contribution in [0.3, 0.4) is 0 Å². The Morgan fingerprint density at radius 1 is 1.42 bits per heavy atom. The molecule has 1 fully saturated rings. The van der Waals surface area contributed by atoms with E-state index in [1.54, 1.807) is 6.92 Å². The highest BCUT2D eigenvalue weighted by molar-refractivity contribution is 5.73. The number of nitrogens with one attached hydrogen (secondary N) is 1. The fourth-order valence-corrected chi connectivity index (χ4v) is 2.54. The van der Waals surface area contributed by atoms with Crippen LogP contribution in [0.1, 0.15) is 20.3 Å². The van der Waals surface area contributed by atoms with E-state index in [0.29, 0.717) is 23.8 Å². The maximum absolute atomic E-state index is 10.9. The largest absolute Gasteiger partial charge is 0.353 e. The van der Waals surface area contributed by atoms with Crippen LogP contribution in [-0.2, 0) is 4.79 Å². The molecule has 66 valence electrons. The number of carbonyl (C=O) groups excluding carboxylic acids is 1. The topological polar surface area (TPSA) is 29.1 Å². The van der Waals surface area contributed by atoms with E-state index < -0.39 is 0 Å². The van der Waals surface area contributed by atoms with Crippen LogP contribution < -0.4 is 5.32 Å². The summed E-state index contributed by atoms with van der Waals surface area (Å²) in [5.41, 5.74) is 0. The second-order valence-electron chi connectivity index (χ2n) is 4.03. The third kappa shape index (κ3) is 1.06. The number of hydrogen-bond donors (Lipinski definition) is 1. The number of rotatable bonds is 1. The molecule has 4 atom stereocenters. The van der Waals surface area contributed by atoms with Crippen molar-refractivity contribution in [1.82, 2.24) is 5.32 Å². The lowest BCUT2D eigenvalue weighted by Crippen LogP contribution is -2.40. The second-order valence-corrected chi connectivity index (χ2v) is 4.03. The first-order chi connectivity index (χ1) is 5.68. The summed E-state index contributed by atoms with van der Waals surface area (Å²) in [6.45, 7) is 3.83. The van der Waals surface area contributed by atoms with E-state index in [2.05, 4.69) is 24.4 Å². The lowest BCUT2D eigenvalue weighted by molar-refractivity contribution is -0.120. The zero-order valence-corrected chi connectivity index (χ0v) is 7.58. The maximum Gasteiger partial charge on any atom is 0.217 e. The minimum atomic E-state index is 0.104. The monoisotopic (exact) mass is 165 g/mol. The van der Waals surface area contributed by atoms with Gasteiger partial charge in [-0.05, 0) is 24.2 Å². The molecule has 2 heteroatoms. The Balaban J connectivity index is 2.08. The quantitative estimate of drug-likeness (QED) is 0.583. The van der Waals surface area contributed by atoms with Gasteiger partial charge in [0.05, 0.1) is 0 Å². The smallest absolute Gasteiger partial charge is 0.217 e. The summed E-state index contributed by atoms with van der Waals surface area (Å²) in [5.74, 6) is 2.05. The van der Waals surface area contributed by atoms with Gasteiger partial charge in [-0.2, -0.15) is 0 Å². The van der Waals surface area contributed by atoms with Gasteiger partial charge in [-0.25, -0.2) is 0 Å². The Bertz CT molecular complexity index is 234. The fraction of sp³-hybridized carbons (Fsp3) is 0.700. The molecule has 2 bridgehead atoms. The van der Waals surface area contributed by atoms with E-state index in [1.165, 1.54) is 6.42 Å². The van der Waals surface area contributed by atoms with Crippen molar-refractivity contribution in [2.24, 2.45) is 17.8 Å². The van der Waals surface area contributed by atoms with Crippen LogP contribution in [-0.4, -0.2) is 11.9 Å². The Morgan fingerprint density at radius 2 is 2.08 bits per heavy atom. The minimum absolute atomic E-state index is 0.104. The van der Waals surface area contributed by atoms with Gasteiger partial charge in [0.1, 0.15) is 0 Å². The first-order valence-corrected chi connectivity index (χ1v) is 4.64. The van der Waals surface area contributed by atoms with E-state index in [4.69, 9.17) is 0 Å². The third-order valence-corrected chi connectivity index (χ3v) is 3.22. The molecule has 0 aromatic rings. The number of amides is 1. The fourth-order valence-electron chi connectivity index (χ4n) is 2.54. The molecule has 1 amide bonds. The standard InChI is InChI=1S/C10H15NO/c1-6-8-3-4-9(5-8)10(6)11-7(2)12/h3-4,6,8-10H,5H2,1-2H3,(H,11,12)/t6-,8+,9-,10+/m0/s1. The van der Waals surface area contributed by atoms with Gasteiger partial charge in [0.15, 0.2) is 0 Å². The third-order valence-electron chi connectivity index (χ3n) is 3.22. The van der Waals surface area contributed by atoms with Crippen LogP contribution in [0, 0.1) is 17.8 Å². The van der Waals surface area contributed by atoms with E-state index >= 15 is 0 Å².